The van der Waals surface area contributed by atoms with Crippen LogP contribution in [0.2, 0.25) is 0 Å². The van der Waals surface area contributed by atoms with E-state index in [1.54, 1.807) is 0 Å². The van der Waals surface area contributed by atoms with Crippen LogP contribution < -0.4 is 11.2 Å². The predicted octanol–water partition coefficient (Wildman–Crippen LogP) is -0.787. The van der Waals surface area contributed by atoms with Gasteiger partial charge in [-0.1, -0.05) is 0 Å². The van der Waals surface area contributed by atoms with Crippen molar-refractivity contribution in [1.29, 1.82) is 0 Å². The fourth-order valence-electron chi connectivity index (χ4n) is 0.304. The molecule has 0 aromatic heterocycles. The summed E-state index contributed by atoms with van der Waals surface area (Å²) in [5.74, 6) is -1.14. The number of nitrogens with two attached hydrogens (primary N) is 1. The highest BCUT2D eigenvalue weighted by Crippen LogP contribution is 1.79. The second-order valence-corrected chi connectivity index (χ2v) is 1.45. The molecule has 0 saturated carbocycles. The van der Waals surface area contributed by atoms with Crippen LogP contribution in [-0.4, -0.2) is 23.7 Å². The van der Waals surface area contributed by atoms with E-state index < -0.39 is 12.0 Å². The lowest BCUT2D eigenvalue weighted by atomic mass is 10.3. The number of rotatable bonds is 4. The summed E-state index contributed by atoms with van der Waals surface area (Å²) in [5, 5.41) is 11.1. The summed E-state index contributed by atoms with van der Waals surface area (Å²) in [6.45, 7) is -0.117. The number of azide groups is 1. The number of carbonyl (C=O) groups is 1. The fraction of sp³-hybridized carbons (Fsp3) is 0.667. The van der Waals surface area contributed by atoms with Crippen LogP contribution in [0.4, 0.5) is 0 Å². The maximum absolute atomic E-state index is 10.1. The molecule has 10 heavy (non-hydrogen) atoms. The molecule has 7 nitrogen and oxygen atoms in total. The van der Waals surface area contributed by atoms with Crippen molar-refractivity contribution >= 4 is 5.97 Å². The van der Waals surface area contributed by atoms with E-state index in [2.05, 4.69) is 10.1 Å². The van der Waals surface area contributed by atoms with Crippen molar-refractivity contribution in [2.45, 2.75) is 6.04 Å². The van der Waals surface area contributed by atoms with Crippen molar-refractivity contribution in [3.63, 3.8) is 0 Å². The summed E-state index contributed by atoms with van der Waals surface area (Å²) >= 11 is 0. The topological polar surface area (TPSA) is 124 Å². The van der Waals surface area contributed by atoms with Crippen molar-refractivity contribution < 1.29 is 9.90 Å². The zero-order valence-corrected chi connectivity index (χ0v) is 5.06. The molecule has 7 heteroatoms. The van der Waals surface area contributed by atoms with E-state index in [1.165, 1.54) is 0 Å². The maximum Gasteiger partial charge on any atom is 0.350 e. The number of carboxylic acid groups (broad SMARTS) is 1. The highest BCUT2D eigenvalue weighted by molar-refractivity contribution is 5.73. The number of nitrogens with zero attached hydrogens (tertiary/aromatic N) is 3. The van der Waals surface area contributed by atoms with E-state index in [4.69, 9.17) is 16.4 Å². The fourth-order valence-corrected chi connectivity index (χ4v) is 0.304. The van der Waals surface area contributed by atoms with Crippen molar-refractivity contribution in [2.75, 3.05) is 6.54 Å². The average Bonchev–Trinajstić information content (AvgIpc) is 1.89. The lowest BCUT2D eigenvalue weighted by molar-refractivity contribution is -0.139. The minimum Gasteiger partial charge on any atom is -0.478 e. The van der Waals surface area contributed by atoms with Crippen LogP contribution in [0.5, 0.6) is 0 Å². The van der Waals surface area contributed by atoms with Crippen LogP contribution in [0.1, 0.15) is 0 Å². The summed E-state index contributed by atoms with van der Waals surface area (Å²) < 4.78 is 0. The zero-order valence-electron chi connectivity index (χ0n) is 5.06. The smallest absolute Gasteiger partial charge is 0.350 e. The molecule has 0 spiro atoms. The molecule has 0 aliphatic heterocycles. The van der Waals surface area contributed by atoms with Gasteiger partial charge in [-0.25, -0.2) is 10.2 Å². The molecule has 0 radical (unpaired) electrons. The molecule has 0 amide bonds. The normalized spacial score (nSPS) is 11.3. The van der Waals surface area contributed by atoms with Crippen LogP contribution >= 0.6 is 0 Å². The van der Waals surface area contributed by atoms with Gasteiger partial charge in [-0.3, -0.25) is 0 Å². The third-order valence-electron chi connectivity index (χ3n) is 0.792. The lowest BCUT2D eigenvalue weighted by Gasteiger charge is -2.02. The van der Waals surface area contributed by atoms with Crippen molar-refractivity contribution in [1.82, 2.24) is 5.43 Å². The molecule has 0 heterocycles. The molecule has 0 rings (SSSR count). The Morgan fingerprint density at radius 3 is 2.90 bits per heavy atom. The van der Waals surface area contributed by atoms with E-state index in [1.807, 2.05) is 5.43 Å². The van der Waals surface area contributed by atoms with E-state index in [-0.39, 0.29) is 6.54 Å². The van der Waals surface area contributed by atoms with Crippen LogP contribution in [0, 0.1) is 0 Å². The first-order valence-electron chi connectivity index (χ1n) is 2.45. The maximum atomic E-state index is 10.1. The summed E-state index contributed by atoms with van der Waals surface area (Å²) in [4.78, 5) is 12.4. The van der Waals surface area contributed by atoms with Crippen LogP contribution in [-0.2, 0) is 4.79 Å². The van der Waals surface area contributed by atoms with Crippen molar-refractivity contribution in [3.8, 4) is 0 Å². The highest BCUT2D eigenvalue weighted by Gasteiger charge is 2.15. The van der Waals surface area contributed by atoms with Gasteiger partial charge in [-0.05, 0) is 5.22 Å². The number of carboxylic acids is 1. The second kappa shape index (κ2) is 4.42. The molecule has 0 saturated heterocycles. The SMILES string of the molecule is [N-]=[N+]=NN[C@@H](CN)C(=O)O. The predicted molar refractivity (Wildman–Crippen MR) is 32.8 cm³/mol. The Labute approximate surface area is 56.4 Å². The third-order valence-corrected chi connectivity index (χ3v) is 0.792. The number of nitrogens with one attached hydrogen (secondary N) is 1. The van der Waals surface area contributed by atoms with Gasteiger partial charge in [0.1, 0.15) is 0 Å². The molecule has 0 bridgehead atoms. The van der Waals surface area contributed by atoms with Gasteiger partial charge >= 0.3 is 5.97 Å². The quantitative estimate of drug-likeness (QED) is 0.207. The molecular weight excluding hydrogens is 138 g/mol. The molecule has 0 fully saturated rings. The zero-order chi connectivity index (χ0) is 7.98. The second-order valence-electron chi connectivity index (χ2n) is 1.45. The summed E-state index contributed by atoms with van der Waals surface area (Å²) in [6, 6.07) is -1.00. The van der Waals surface area contributed by atoms with E-state index in [0.717, 1.165) is 0 Å². The Bertz CT molecular complexity index is 162. The lowest BCUT2D eigenvalue weighted by Crippen LogP contribution is -2.39. The summed E-state index contributed by atoms with van der Waals surface area (Å²) in [6.07, 6.45) is 0. The minimum absolute atomic E-state index is 0.117. The summed E-state index contributed by atoms with van der Waals surface area (Å²) in [5.41, 5.74) is 14.7. The number of hydrogen-bond acceptors (Lipinski definition) is 3. The van der Waals surface area contributed by atoms with E-state index in [0.29, 0.717) is 0 Å². The van der Waals surface area contributed by atoms with Crippen molar-refractivity contribution in [3.05, 3.63) is 10.4 Å². The van der Waals surface area contributed by atoms with Gasteiger partial charge in [-0.15, -0.1) is 5.53 Å². The van der Waals surface area contributed by atoms with Gasteiger partial charge in [-0.2, -0.15) is 4.91 Å². The van der Waals surface area contributed by atoms with E-state index >= 15 is 0 Å². The highest BCUT2D eigenvalue weighted by atomic mass is 16.4. The first kappa shape index (κ1) is 8.54. The molecule has 0 unspecified atom stereocenters. The largest absolute Gasteiger partial charge is 0.478 e. The Kier molecular flexibility index (Phi) is 3.78. The van der Waals surface area contributed by atoms with Gasteiger partial charge in [0.25, 0.3) is 0 Å². The van der Waals surface area contributed by atoms with Gasteiger partial charge in [0.15, 0.2) is 0 Å². The first-order valence-corrected chi connectivity index (χ1v) is 2.45. The Morgan fingerprint density at radius 1 is 2.00 bits per heavy atom. The van der Waals surface area contributed by atoms with Crippen LogP contribution in [0.25, 0.3) is 10.4 Å². The molecule has 1 atom stereocenters. The number of aliphatic carboxylic acids is 1. The van der Waals surface area contributed by atoms with Gasteiger partial charge in [0, 0.05) is 6.54 Å². The molecule has 4 N–H and O–H groups in total. The molecule has 56 valence electrons. The number of hydrogen-bond donors (Lipinski definition) is 3. The Hall–Kier alpha value is -1.46. The van der Waals surface area contributed by atoms with Gasteiger partial charge < -0.3 is 10.8 Å². The molecular formula is C3H7N5O2. The first-order chi connectivity index (χ1) is 4.72. The summed E-state index contributed by atoms with van der Waals surface area (Å²) in [7, 11) is 0. The Morgan fingerprint density at radius 2 is 2.60 bits per heavy atom. The van der Waals surface area contributed by atoms with Gasteiger partial charge in [0.05, 0.1) is 0 Å². The van der Waals surface area contributed by atoms with Crippen molar-refractivity contribution in [2.24, 2.45) is 11.0 Å². The minimum atomic E-state index is -1.14. The Balaban J connectivity index is 3.82. The average molecular weight is 145 g/mol. The third kappa shape index (κ3) is 2.75. The molecule has 0 aliphatic rings. The van der Waals surface area contributed by atoms with Crippen LogP contribution in [0.3, 0.4) is 0 Å². The molecule has 0 aromatic rings. The van der Waals surface area contributed by atoms with E-state index in [9.17, 15) is 4.79 Å². The molecule has 0 aliphatic carbocycles. The molecule has 0 aromatic carbocycles. The monoisotopic (exact) mass is 145 g/mol. The van der Waals surface area contributed by atoms with Gasteiger partial charge in [0.2, 0.25) is 6.04 Å². The van der Waals surface area contributed by atoms with Crippen LogP contribution in [0.15, 0.2) is 5.22 Å². The standard InChI is InChI=1S/C3H7N5O2/c4-1-2(3(9)10)6-8-7-5/h2,6H,1,4H2,(H,9,10)/t2-/m0/s1.